The van der Waals surface area contributed by atoms with Crippen molar-refractivity contribution >= 4 is 6.03 Å². The van der Waals surface area contributed by atoms with E-state index >= 15 is 0 Å². The predicted octanol–water partition coefficient (Wildman–Crippen LogP) is 1.65. The molecule has 6 heteroatoms. The Morgan fingerprint density at radius 1 is 1.22 bits per heavy atom. The molecule has 1 aliphatic carbocycles. The number of rotatable bonds is 6. The molecular weight excluding hydrogens is 292 g/mol. The van der Waals surface area contributed by atoms with Crippen molar-refractivity contribution in [2.24, 2.45) is 0 Å². The summed E-state index contributed by atoms with van der Waals surface area (Å²) in [6.45, 7) is 1.52. The first kappa shape index (κ1) is 15.6. The van der Waals surface area contributed by atoms with Gasteiger partial charge in [0.25, 0.3) is 0 Å². The number of benzene rings is 1. The molecule has 1 saturated carbocycles. The molecular formula is C17H22N4O2. The van der Waals surface area contributed by atoms with Crippen LogP contribution in [0.15, 0.2) is 42.7 Å². The lowest BCUT2D eigenvalue weighted by Crippen LogP contribution is -2.49. The molecule has 2 amide bonds. The van der Waals surface area contributed by atoms with Crippen LogP contribution in [-0.2, 0) is 13.1 Å². The van der Waals surface area contributed by atoms with Gasteiger partial charge in [0.2, 0.25) is 0 Å². The van der Waals surface area contributed by atoms with Crippen molar-refractivity contribution in [2.75, 3.05) is 6.54 Å². The summed E-state index contributed by atoms with van der Waals surface area (Å²) < 4.78 is 1.87. The largest absolute Gasteiger partial charge is 0.388 e. The average molecular weight is 314 g/mol. The molecule has 23 heavy (non-hydrogen) atoms. The molecule has 0 saturated heterocycles. The zero-order valence-electron chi connectivity index (χ0n) is 13.0. The van der Waals surface area contributed by atoms with Crippen LogP contribution in [0.5, 0.6) is 0 Å². The smallest absolute Gasteiger partial charge is 0.315 e. The maximum atomic E-state index is 11.7. The second kappa shape index (κ2) is 6.83. The Hall–Kier alpha value is -2.34. The highest BCUT2D eigenvalue weighted by atomic mass is 16.3. The molecule has 0 bridgehead atoms. The first-order chi connectivity index (χ1) is 11.1. The van der Waals surface area contributed by atoms with Crippen LogP contribution in [0.2, 0.25) is 0 Å². The van der Waals surface area contributed by atoms with E-state index in [1.165, 1.54) is 0 Å². The molecule has 1 aromatic heterocycles. The predicted molar refractivity (Wildman–Crippen MR) is 86.8 cm³/mol. The Bertz CT molecular complexity index is 633. The second-order valence-electron chi connectivity index (χ2n) is 6.13. The molecule has 0 atom stereocenters. The molecule has 0 aliphatic heterocycles. The third-order valence-electron chi connectivity index (χ3n) is 4.24. The van der Waals surface area contributed by atoms with Crippen LogP contribution in [0.25, 0.3) is 0 Å². The Kier molecular flexibility index (Phi) is 4.62. The van der Waals surface area contributed by atoms with Crippen LogP contribution >= 0.6 is 0 Å². The summed E-state index contributed by atoms with van der Waals surface area (Å²) in [5.74, 6) is 0. The van der Waals surface area contributed by atoms with E-state index in [1.807, 2.05) is 41.2 Å². The van der Waals surface area contributed by atoms with E-state index in [1.54, 1.807) is 6.20 Å². The van der Waals surface area contributed by atoms with Gasteiger partial charge in [-0.25, -0.2) is 4.79 Å². The Morgan fingerprint density at radius 2 is 1.96 bits per heavy atom. The number of carbonyl (C=O) groups excluding carboxylic acids is 1. The molecule has 0 spiro atoms. The molecule has 2 aromatic rings. The lowest BCUT2D eigenvalue weighted by molar-refractivity contribution is -0.0290. The number of aliphatic hydroxyl groups is 1. The average Bonchev–Trinajstić information content (AvgIpc) is 3.03. The van der Waals surface area contributed by atoms with Gasteiger partial charge in [0, 0.05) is 25.5 Å². The van der Waals surface area contributed by atoms with E-state index in [-0.39, 0.29) is 6.03 Å². The summed E-state index contributed by atoms with van der Waals surface area (Å²) in [6.07, 6.45) is 6.26. The quantitative estimate of drug-likeness (QED) is 0.758. The third kappa shape index (κ3) is 4.32. The summed E-state index contributed by atoms with van der Waals surface area (Å²) in [6, 6.07) is 9.72. The van der Waals surface area contributed by atoms with Crippen LogP contribution in [0.1, 0.15) is 30.4 Å². The van der Waals surface area contributed by atoms with Crippen molar-refractivity contribution in [3.05, 3.63) is 53.9 Å². The molecule has 1 aromatic carbocycles. The van der Waals surface area contributed by atoms with E-state index in [0.717, 1.165) is 36.9 Å². The number of aromatic nitrogens is 2. The molecule has 122 valence electrons. The Morgan fingerprint density at radius 3 is 2.57 bits per heavy atom. The van der Waals surface area contributed by atoms with Gasteiger partial charge in [-0.15, -0.1) is 0 Å². The van der Waals surface area contributed by atoms with Crippen molar-refractivity contribution < 1.29 is 9.90 Å². The Balaban J connectivity index is 1.42. The minimum absolute atomic E-state index is 0.244. The monoisotopic (exact) mass is 314 g/mol. The van der Waals surface area contributed by atoms with Crippen LogP contribution in [0, 0.1) is 0 Å². The van der Waals surface area contributed by atoms with E-state index in [2.05, 4.69) is 15.7 Å². The standard InChI is InChI=1S/C17H22N4O2/c22-16(19-13-17(23)7-1-8-17)18-11-14-3-5-15(6-4-14)12-21-10-2-9-20-21/h2-6,9-10,23H,1,7-8,11-13H2,(H2,18,19,22). The lowest BCUT2D eigenvalue weighted by Gasteiger charge is -2.36. The summed E-state index contributed by atoms with van der Waals surface area (Å²) >= 11 is 0. The van der Waals surface area contributed by atoms with Crippen molar-refractivity contribution in [3.63, 3.8) is 0 Å². The molecule has 3 N–H and O–H groups in total. The third-order valence-corrected chi connectivity index (χ3v) is 4.24. The second-order valence-corrected chi connectivity index (χ2v) is 6.13. The topological polar surface area (TPSA) is 79.2 Å². The lowest BCUT2D eigenvalue weighted by atomic mass is 9.80. The highest BCUT2D eigenvalue weighted by Crippen LogP contribution is 2.30. The van der Waals surface area contributed by atoms with Gasteiger partial charge in [0.1, 0.15) is 0 Å². The van der Waals surface area contributed by atoms with Gasteiger partial charge in [-0.05, 0) is 36.5 Å². The number of amides is 2. The van der Waals surface area contributed by atoms with Crippen LogP contribution < -0.4 is 10.6 Å². The summed E-state index contributed by atoms with van der Waals surface area (Å²) in [7, 11) is 0. The first-order valence-corrected chi connectivity index (χ1v) is 7.92. The van der Waals surface area contributed by atoms with E-state index in [4.69, 9.17) is 0 Å². The number of urea groups is 1. The molecule has 0 radical (unpaired) electrons. The molecule has 3 rings (SSSR count). The van der Waals surface area contributed by atoms with Crippen LogP contribution in [0.3, 0.4) is 0 Å². The number of nitrogens with zero attached hydrogens (tertiary/aromatic N) is 2. The van der Waals surface area contributed by atoms with Gasteiger partial charge in [-0.3, -0.25) is 4.68 Å². The number of hydrogen-bond donors (Lipinski definition) is 3. The number of carbonyl (C=O) groups is 1. The van der Waals surface area contributed by atoms with Crippen molar-refractivity contribution in [2.45, 2.75) is 38.0 Å². The molecule has 1 aliphatic rings. The van der Waals surface area contributed by atoms with Crippen LogP contribution in [0.4, 0.5) is 4.79 Å². The van der Waals surface area contributed by atoms with E-state index in [0.29, 0.717) is 13.1 Å². The minimum Gasteiger partial charge on any atom is -0.388 e. The molecule has 6 nitrogen and oxygen atoms in total. The molecule has 0 unspecified atom stereocenters. The van der Waals surface area contributed by atoms with Gasteiger partial charge in [0.05, 0.1) is 12.1 Å². The van der Waals surface area contributed by atoms with Gasteiger partial charge in [-0.1, -0.05) is 24.3 Å². The normalized spacial score (nSPS) is 15.7. The highest BCUT2D eigenvalue weighted by molar-refractivity contribution is 5.73. The fourth-order valence-electron chi connectivity index (χ4n) is 2.59. The van der Waals surface area contributed by atoms with Gasteiger partial charge in [0.15, 0.2) is 0 Å². The van der Waals surface area contributed by atoms with E-state index < -0.39 is 5.60 Å². The van der Waals surface area contributed by atoms with Gasteiger partial charge >= 0.3 is 6.03 Å². The maximum absolute atomic E-state index is 11.7. The highest BCUT2D eigenvalue weighted by Gasteiger charge is 2.34. The van der Waals surface area contributed by atoms with Crippen molar-refractivity contribution in [1.29, 1.82) is 0 Å². The summed E-state index contributed by atoms with van der Waals surface area (Å²) in [5.41, 5.74) is 1.51. The Labute approximate surface area is 135 Å². The first-order valence-electron chi connectivity index (χ1n) is 7.92. The van der Waals surface area contributed by atoms with Crippen molar-refractivity contribution in [3.8, 4) is 0 Å². The van der Waals surface area contributed by atoms with Gasteiger partial charge in [-0.2, -0.15) is 5.10 Å². The fourth-order valence-corrected chi connectivity index (χ4v) is 2.59. The van der Waals surface area contributed by atoms with Crippen molar-refractivity contribution in [1.82, 2.24) is 20.4 Å². The fraction of sp³-hybridized carbons (Fsp3) is 0.412. The van der Waals surface area contributed by atoms with E-state index in [9.17, 15) is 9.90 Å². The zero-order chi connectivity index (χ0) is 16.1. The summed E-state index contributed by atoms with van der Waals surface area (Å²) in [5, 5.41) is 19.6. The van der Waals surface area contributed by atoms with Crippen LogP contribution in [-0.4, -0.2) is 33.1 Å². The number of hydrogen-bond acceptors (Lipinski definition) is 3. The zero-order valence-corrected chi connectivity index (χ0v) is 13.0. The molecule has 1 fully saturated rings. The summed E-state index contributed by atoms with van der Waals surface area (Å²) in [4.78, 5) is 11.7. The minimum atomic E-state index is -0.689. The number of nitrogens with one attached hydrogen (secondary N) is 2. The maximum Gasteiger partial charge on any atom is 0.315 e. The molecule has 1 heterocycles. The van der Waals surface area contributed by atoms with Gasteiger partial charge < -0.3 is 15.7 Å². The SMILES string of the molecule is O=C(NCc1ccc(Cn2cccn2)cc1)NCC1(O)CCC1.